The molecule has 0 aliphatic heterocycles. The first kappa shape index (κ1) is 10.9. The molecule has 4 heteroatoms. The second-order valence-corrected chi connectivity index (χ2v) is 3.14. The zero-order valence-electron chi connectivity index (χ0n) is 9.12. The van der Waals surface area contributed by atoms with Gasteiger partial charge in [-0.2, -0.15) is 0 Å². The number of nitrogens with zero attached hydrogens (tertiary/aromatic N) is 3. The molecule has 14 heavy (non-hydrogen) atoms. The highest BCUT2D eigenvalue weighted by Crippen LogP contribution is 2.11. The van der Waals surface area contributed by atoms with Crippen molar-refractivity contribution in [1.29, 1.82) is 0 Å². The Morgan fingerprint density at radius 2 is 1.93 bits per heavy atom. The van der Waals surface area contributed by atoms with Gasteiger partial charge in [-0.1, -0.05) is 0 Å². The minimum Gasteiger partial charge on any atom is -0.357 e. The van der Waals surface area contributed by atoms with Gasteiger partial charge in [-0.25, -0.2) is 9.97 Å². The summed E-state index contributed by atoms with van der Waals surface area (Å²) in [6.45, 7) is 8.50. The molecule has 0 saturated heterocycles. The van der Waals surface area contributed by atoms with E-state index in [4.69, 9.17) is 5.73 Å². The second kappa shape index (κ2) is 4.91. The van der Waals surface area contributed by atoms with Crippen LogP contribution in [0.15, 0.2) is 6.07 Å². The third-order valence-electron chi connectivity index (χ3n) is 2.17. The fourth-order valence-corrected chi connectivity index (χ4v) is 1.43. The smallest absolute Gasteiger partial charge is 0.132 e. The van der Waals surface area contributed by atoms with Gasteiger partial charge in [0, 0.05) is 25.7 Å². The highest BCUT2D eigenvalue weighted by atomic mass is 15.2. The van der Waals surface area contributed by atoms with E-state index in [1.165, 1.54) is 0 Å². The number of hydrogen-bond donors (Lipinski definition) is 1. The van der Waals surface area contributed by atoms with Crippen LogP contribution >= 0.6 is 0 Å². The number of aryl methyl sites for hydroxylation is 1. The number of aromatic nitrogens is 2. The summed E-state index contributed by atoms with van der Waals surface area (Å²) >= 11 is 0. The molecule has 0 unspecified atom stereocenters. The Kier molecular flexibility index (Phi) is 3.83. The van der Waals surface area contributed by atoms with Crippen molar-refractivity contribution in [2.75, 3.05) is 18.0 Å². The predicted octanol–water partition coefficient (Wildman–Crippen LogP) is 1.09. The van der Waals surface area contributed by atoms with E-state index in [2.05, 4.69) is 28.7 Å². The summed E-state index contributed by atoms with van der Waals surface area (Å²) in [5, 5.41) is 0. The molecule has 0 spiro atoms. The molecule has 78 valence electrons. The lowest BCUT2D eigenvalue weighted by atomic mass is 10.3. The van der Waals surface area contributed by atoms with E-state index in [9.17, 15) is 0 Å². The first-order chi connectivity index (χ1) is 6.71. The lowest BCUT2D eigenvalue weighted by molar-refractivity contribution is 0.821. The molecule has 0 bridgehead atoms. The molecular weight excluding hydrogens is 176 g/mol. The van der Waals surface area contributed by atoms with E-state index in [0.717, 1.165) is 30.4 Å². The molecule has 1 heterocycles. The molecule has 0 radical (unpaired) electrons. The lowest BCUT2D eigenvalue weighted by Gasteiger charge is -2.20. The summed E-state index contributed by atoms with van der Waals surface area (Å²) in [7, 11) is 0. The van der Waals surface area contributed by atoms with E-state index in [-0.39, 0.29) is 0 Å². The van der Waals surface area contributed by atoms with Crippen molar-refractivity contribution in [3.8, 4) is 0 Å². The van der Waals surface area contributed by atoms with Crippen molar-refractivity contribution < 1.29 is 0 Å². The summed E-state index contributed by atoms with van der Waals surface area (Å²) < 4.78 is 0. The van der Waals surface area contributed by atoms with Crippen molar-refractivity contribution >= 4 is 5.82 Å². The maximum absolute atomic E-state index is 5.56. The minimum atomic E-state index is 0.470. The van der Waals surface area contributed by atoms with Crippen LogP contribution in [0.3, 0.4) is 0 Å². The van der Waals surface area contributed by atoms with Crippen LogP contribution in [-0.2, 0) is 6.54 Å². The van der Waals surface area contributed by atoms with Gasteiger partial charge in [-0.3, -0.25) is 0 Å². The molecule has 1 aromatic heterocycles. The van der Waals surface area contributed by atoms with E-state index < -0.39 is 0 Å². The monoisotopic (exact) mass is 194 g/mol. The Balaban J connectivity index is 3.01. The van der Waals surface area contributed by atoms with Crippen LogP contribution in [0.1, 0.15) is 25.4 Å². The van der Waals surface area contributed by atoms with Crippen molar-refractivity contribution in [2.24, 2.45) is 5.73 Å². The van der Waals surface area contributed by atoms with Gasteiger partial charge < -0.3 is 10.6 Å². The average Bonchev–Trinajstić information content (AvgIpc) is 2.19. The Morgan fingerprint density at radius 3 is 2.43 bits per heavy atom. The number of nitrogens with two attached hydrogens (primary N) is 1. The Labute approximate surface area is 85.2 Å². The third-order valence-corrected chi connectivity index (χ3v) is 2.17. The van der Waals surface area contributed by atoms with Crippen molar-refractivity contribution in [2.45, 2.75) is 27.3 Å². The van der Waals surface area contributed by atoms with Crippen LogP contribution in [0, 0.1) is 6.92 Å². The molecule has 0 saturated carbocycles. The van der Waals surface area contributed by atoms with E-state index in [0.29, 0.717) is 6.54 Å². The maximum atomic E-state index is 5.56. The lowest BCUT2D eigenvalue weighted by Crippen LogP contribution is -2.23. The Hall–Kier alpha value is -1.16. The van der Waals surface area contributed by atoms with E-state index in [1.54, 1.807) is 0 Å². The molecule has 0 amide bonds. The quantitative estimate of drug-likeness (QED) is 0.779. The van der Waals surface area contributed by atoms with Crippen LogP contribution in [0.5, 0.6) is 0 Å². The van der Waals surface area contributed by atoms with Gasteiger partial charge in [0.05, 0.1) is 5.69 Å². The zero-order valence-corrected chi connectivity index (χ0v) is 9.12. The topological polar surface area (TPSA) is 55.0 Å². The summed E-state index contributed by atoms with van der Waals surface area (Å²) in [6.07, 6.45) is 0. The number of anilines is 1. The molecule has 0 fully saturated rings. The van der Waals surface area contributed by atoms with Crippen molar-refractivity contribution in [3.63, 3.8) is 0 Å². The van der Waals surface area contributed by atoms with Crippen molar-refractivity contribution in [1.82, 2.24) is 9.97 Å². The molecule has 0 aliphatic carbocycles. The van der Waals surface area contributed by atoms with Gasteiger partial charge in [0.1, 0.15) is 11.6 Å². The van der Waals surface area contributed by atoms with Crippen LogP contribution in [0.25, 0.3) is 0 Å². The van der Waals surface area contributed by atoms with Crippen LogP contribution in [0.2, 0.25) is 0 Å². The molecule has 2 N–H and O–H groups in total. The van der Waals surface area contributed by atoms with Gasteiger partial charge >= 0.3 is 0 Å². The summed E-state index contributed by atoms with van der Waals surface area (Å²) in [6, 6.07) is 1.96. The zero-order chi connectivity index (χ0) is 10.6. The van der Waals surface area contributed by atoms with Gasteiger partial charge in [0.2, 0.25) is 0 Å². The molecule has 0 aliphatic rings. The van der Waals surface area contributed by atoms with Crippen LogP contribution < -0.4 is 10.6 Å². The third kappa shape index (κ3) is 2.42. The highest BCUT2D eigenvalue weighted by Gasteiger charge is 2.05. The van der Waals surface area contributed by atoms with Gasteiger partial charge in [-0.05, 0) is 20.8 Å². The number of hydrogen-bond acceptors (Lipinski definition) is 4. The largest absolute Gasteiger partial charge is 0.357 e. The van der Waals surface area contributed by atoms with Crippen LogP contribution in [0.4, 0.5) is 5.82 Å². The Morgan fingerprint density at radius 1 is 1.29 bits per heavy atom. The van der Waals surface area contributed by atoms with E-state index >= 15 is 0 Å². The average molecular weight is 194 g/mol. The fraction of sp³-hybridized carbons (Fsp3) is 0.600. The van der Waals surface area contributed by atoms with Gasteiger partial charge in [0.25, 0.3) is 0 Å². The molecule has 4 nitrogen and oxygen atoms in total. The normalized spacial score (nSPS) is 10.3. The highest BCUT2D eigenvalue weighted by molar-refractivity contribution is 5.39. The summed E-state index contributed by atoms with van der Waals surface area (Å²) in [5.41, 5.74) is 6.46. The van der Waals surface area contributed by atoms with Crippen LogP contribution in [-0.4, -0.2) is 23.1 Å². The predicted molar refractivity (Wildman–Crippen MR) is 58.2 cm³/mol. The molecule has 0 atom stereocenters. The molecule has 0 aromatic carbocycles. The first-order valence-corrected chi connectivity index (χ1v) is 5.00. The molecule has 1 aromatic rings. The Bertz CT molecular complexity index is 294. The fourth-order valence-electron chi connectivity index (χ4n) is 1.43. The van der Waals surface area contributed by atoms with Gasteiger partial charge in [0.15, 0.2) is 0 Å². The molecular formula is C10H18N4. The standard InChI is InChI=1S/C10H18N4/c1-4-14(5-2)10-6-9(7-11)12-8(3)13-10/h6H,4-5,7,11H2,1-3H3. The second-order valence-electron chi connectivity index (χ2n) is 3.14. The SMILES string of the molecule is CCN(CC)c1cc(CN)nc(C)n1. The van der Waals surface area contributed by atoms with E-state index in [1.807, 2.05) is 13.0 Å². The van der Waals surface area contributed by atoms with Crippen molar-refractivity contribution in [3.05, 3.63) is 17.6 Å². The van der Waals surface area contributed by atoms with Gasteiger partial charge in [-0.15, -0.1) is 0 Å². The first-order valence-electron chi connectivity index (χ1n) is 5.00. The minimum absolute atomic E-state index is 0.470. The molecule has 1 rings (SSSR count). The number of rotatable bonds is 4. The summed E-state index contributed by atoms with van der Waals surface area (Å²) in [5.74, 6) is 1.76. The maximum Gasteiger partial charge on any atom is 0.132 e. The summed E-state index contributed by atoms with van der Waals surface area (Å²) in [4.78, 5) is 10.8.